The standard InChI is InChI=1S/C23H25N7O/c1-14-8-9-16(24)12-18(14)29-22-17(6-5-10-25-22)20-21-23(27-13-26-20)30(15(2)28-21)19-7-3-4-11-31-19/h5-6,8-10,12-13,19H,3-4,7,11,24H2,1-2H3,(H,25,29). The summed E-state index contributed by atoms with van der Waals surface area (Å²) in [4.78, 5) is 18.5. The quantitative estimate of drug-likeness (QED) is 0.472. The second kappa shape index (κ2) is 7.96. The van der Waals surface area contributed by atoms with Gasteiger partial charge in [0.25, 0.3) is 0 Å². The van der Waals surface area contributed by atoms with E-state index in [4.69, 9.17) is 15.5 Å². The first-order valence-corrected chi connectivity index (χ1v) is 10.5. The van der Waals surface area contributed by atoms with Crippen molar-refractivity contribution < 1.29 is 4.74 Å². The number of nitrogen functional groups attached to an aromatic ring is 1. The Bertz CT molecular complexity index is 1240. The fourth-order valence-electron chi connectivity index (χ4n) is 4.08. The van der Waals surface area contributed by atoms with Crippen LogP contribution >= 0.6 is 0 Å². The van der Waals surface area contributed by atoms with E-state index in [0.29, 0.717) is 11.5 Å². The normalized spacial score (nSPS) is 16.5. The third kappa shape index (κ3) is 3.59. The number of anilines is 3. The number of nitrogens with zero attached hydrogens (tertiary/aromatic N) is 5. The molecule has 0 amide bonds. The van der Waals surface area contributed by atoms with Crippen LogP contribution in [0.1, 0.15) is 36.9 Å². The van der Waals surface area contributed by atoms with Crippen molar-refractivity contribution in [2.75, 3.05) is 17.7 Å². The number of aryl methyl sites for hydroxylation is 2. The van der Waals surface area contributed by atoms with Crippen molar-refractivity contribution >= 4 is 28.4 Å². The van der Waals surface area contributed by atoms with E-state index in [1.807, 2.05) is 44.2 Å². The molecule has 1 aliphatic heterocycles. The monoisotopic (exact) mass is 415 g/mol. The van der Waals surface area contributed by atoms with Gasteiger partial charge in [0.2, 0.25) is 0 Å². The summed E-state index contributed by atoms with van der Waals surface area (Å²) in [5, 5.41) is 3.42. The van der Waals surface area contributed by atoms with E-state index >= 15 is 0 Å². The average molecular weight is 416 g/mol. The minimum absolute atomic E-state index is 0.0389. The smallest absolute Gasteiger partial charge is 0.166 e. The van der Waals surface area contributed by atoms with Gasteiger partial charge in [-0.1, -0.05) is 6.07 Å². The molecule has 0 saturated carbocycles. The lowest BCUT2D eigenvalue weighted by atomic mass is 10.1. The van der Waals surface area contributed by atoms with Crippen LogP contribution in [0.25, 0.3) is 22.4 Å². The summed E-state index contributed by atoms with van der Waals surface area (Å²) >= 11 is 0. The number of fused-ring (bicyclic) bond motifs is 1. The summed E-state index contributed by atoms with van der Waals surface area (Å²) in [7, 11) is 0. The Morgan fingerprint density at radius 3 is 2.87 bits per heavy atom. The van der Waals surface area contributed by atoms with E-state index in [9.17, 15) is 0 Å². The molecule has 5 rings (SSSR count). The predicted octanol–water partition coefficient (Wildman–Crippen LogP) is 4.53. The Kier molecular flexibility index (Phi) is 4.99. The third-order valence-corrected chi connectivity index (χ3v) is 5.67. The molecule has 0 aliphatic carbocycles. The maximum absolute atomic E-state index is 6.01. The highest BCUT2D eigenvalue weighted by Gasteiger charge is 2.24. The molecule has 3 N–H and O–H groups in total. The number of rotatable bonds is 4. The first kappa shape index (κ1) is 19.4. The molecule has 1 saturated heterocycles. The molecular weight excluding hydrogens is 390 g/mol. The zero-order valence-corrected chi connectivity index (χ0v) is 17.7. The van der Waals surface area contributed by atoms with Crippen molar-refractivity contribution in [1.29, 1.82) is 0 Å². The molecule has 1 atom stereocenters. The van der Waals surface area contributed by atoms with Gasteiger partial charge in [-0.3, -0.25) is 4.57 Å². The van der Waals surface area contributed by atoms with E-state index in [1.165, 1.54) is 0 Å². The summed E-state index contributed by atoms with van der Waals surface area (Å²) in [5.74, 6) is 1.56. The lowest BCUT2D eigenvalue weighted by molar-refractivity contribution is -0.0309. The van der Waals surface area contributed by atoms with Crippen molar-refractivity contribution in [2.24, 2.45) is 0 Å². The fourth-order valence-corrected chi connectivity index (χ4v) is 4.08. The highest BCUT2D eigenvalue weighted by Crippen LogP contribution is 2.34. The van der Waals surface area contributed by atoms with Gasteiger partial charge in [-0.25, -0.2) is 19.9 Å². The number of pyridine rings is 1. The molecule has 158 valence electrons. The van der Waals surface area contributed by atoms with Gasteiger partial charge in [0.05, 0.1) is 0 Å². The molecule has 1 fully saturated rings. The predicted molar refractivity (Wildman–Crippen MR) is 121 cm³/mol. The molecule has 0 spiro atoms. The van der Waals surface area contributed by atoms with Crippen LogP contribution in [0.5, 0.6) is 0 Å². The van der Waals surface area contributed by atoms with Crippen molar-refractivity contribution in [1.82, 2.24) is 24.5 Å². The molecule has 0 bridgehead atoms. The molecule has 3 aromatic heterocycles. The van der Waals surface area contributed by atoms with Crippen molar-refractivity contribution in [2.45, 2.75) is 39.3 Å². The van der Waals surface area contributed by atoms with Crippen LogP contribution in [0.2, 0.25) is 0 Å². The van der Waals surface area contributed by atoms with Crippen LogP contribution in [0.4, 0.5) is 17.2 Å². The molecule has 31 heavy (non-hydrogen) atoms. The van der Waals surface area contributed by atoms with Crippen LogP contribution in [0.15, 0.2) is 42.9 Å². The fraction of sp³-hybridized carbons (Fsp3) is 0.304. The molecule has 1 unspecified atom stereocenters. The van der Waals surface area contributed by atoms with E-state index in [-0.39, 0.29) is 6.23 Å². The molecule has 1 aromatic carbocycles. The van der Waals surface area contributed by atoms with Gasteiger partial charge < -0.3 is 15.8 Å². The Labute approximate surface area is 180 Å². The van der Waals surface area contributed by atoms with Gasteiger partial charge in [-0.15, -0.1) is 0 Å². The number of hydrogen-bond acceptors (Lipinski definition) is 7. The molecule has 4 aromatic rings. The van der Waals surface area contributed by atoms with E-state index in [0.717, 1.165) is 65.4 Å². The number of imidazole rings is 1. The zero-order chi connectivity index (χ0) is 21.4. The topological polar surface area (TPSA) is 104 Å². The number of benzene rings is 1. The largest absolute Gasteiger partial charge is 0.399 e. The van der Waals surface area contributed by atoms with Crippen LogP contribution in [0, 0.1) is 13.8 Å². The molecular formula is C23H25N7O. The Hall–Kier alpha value is -3.52. The van der Waals surface area contributed by atoms with E-state index in [1.54, 1.807) is 12.5 Å². The zero-order valence-electron chi connectivity index (χ0n) is 17.7. The van der Waals surface area contributed by atoms with Crippen molar-refractivity contribution in [3.63, 3.8) is 0 Å². The van der Waals surface area contributed by atoms with Crippen LogP contribution < -0.4 is 11.1 Å². The summed E-state index contributed by atoms with van der Waals surface area (Å²) in [5.41, 5.74) is 11.8. The highest BCUT2D eigenvalue weighted by atomic mass is 16.5. The summed E-state index contributed by atoms with van der Waals surface area (Å²) < 4.78 is 8.10. The maximum atomic E-state index is 6.01. The number of ether oxygens (including phenoxy) is 1. The van der Waals surface area contributed by atoms with Gasteiger partial charge in [0, 0.05) is 29.7 Å². The lowest BCUT2D eigenvalue weighted by Gasteiger charge is -2.24. The Morgan fingerprint density at radius 1 is 1.13 bits per heavy atom. The second-order valence-electron chi connectivity index (χ2n) is 7.84. The highest BCUT2D eigenvalue weighted by molar-refractivity contribution is 5.92. The SMILES string of the molecule is Cc1ccc(N)cc1Nc1ncccc1-c1ncnc2c1nc(C)n2C1CCCCO1. The number of nitrogens with one attached hydrogen (secondary N) is 1. The lowest BCUT2D eigenvalue weighted by Crippen LogP contribution is -2.19. The van der Waals surface area contributed by atoms with Crippen LogP contribution in [0.3, 0.4) is 0 Å². The number of nitrogens with two attached hydrogens (primary N) is 1. The van der Waals surface area contributed by atoms with E-state index < -0.39 is 0 Å². The second-order valence-corrected chi connectivity index (χ2v) is 7.84. The minimum atomic E-state index is -0.0389. The maximum Gasteiger partial charge on any atom is 0.166 e. The van der Waals surface area contributed by atoms with Crippen LogP contribution in [-0.4, -0.2) is 31.1 Å². The first-order valence-electron chi connectivity index (χ1n) is 10.5. The molecule has 8 nitrogen and oxygen atoms in total. The Balaban J connectivity index is 1.61. The van der Waals surface area contributed by atoms with Crippen molar-refractivity contribution in [3.8, 4) is 11.3 Å². The number of aromatic nitrogens is 5. The number of hydrogen-bond donors (Lipinski definition) is 2. The van der Waals surface area contributed by atoms with Crippen molar-refractivity contribution in [3.05, 3.63) is 54.2 Å². The third-order valence-electron chi connectivity index (χ3n) is 5.67. The molecule has 0 radical (unpaired) electrons. The summed E-state index contributed by atoms with van der Waals surface area (Å²) in [6.07, 6.45) is 6.49. The van der Waals surface area contributed by atoms with Gasteiger partial charge in [0.15, 0.2) is 5.65 Å². The summed E-state index contributed by atoms with van der Waals surface area (Å²) in [6.45, 7) is 4.78. The first-order chi connectivity index (χ1) is 15.1. The molecule has 4 heterocycles. The van der Waals surface area contributed by atoms with Crippen LogP contribution in [-0.2, 0) is 4.74 Å². The minimum Gasteiger partial charge on any atom is -0.399 e. The van der Waals surface area contributed by atoms with Gasteiger partial charge in [-0.2, -0.15) is 0 Å². The average Bonchev–Trinajstić information content (AvgIpc) is 3.13. The summed E-state index contributed by atoms with van der Waals surface area (Å²) in [6, 6.07) is 9.66. The molecule has 1 aliphatic rings. The van der Waals surface area contributed by atoms with Gasteiger partial charge in [0.1, 0.15) is 35.4 Å². The van der Waals surface area contributed by atoms with Gasteiger partial charge >= 0.3 is 0 Å². The van der Waals surface area contributed by atoms with E-state index in [2.05, 4.69) is 24.8 Å². The molecule has 8 heteroatoms. The van der Waals surface area contributed by atoms with Gasteiger partial charge in [-0.05, 0) is 62.9 Å². The Morgan fingerprint density at radius 2 is 2.03 bits per heavy atom.